The quantitative estimate of drug-likeness (QED) is 0.207. The molecule has 1 saturated carbocycles. The van der Waals surface area contributed by atoms with Crippen LogP contribution in [0, 0.1) is 0 Å². The van der Waals surface area contributed by atoms with Crippen molar-refractivity contribution in [1.29, 1.82) is 0 Å². The molecule has 1 aliphatic heterocycles. The predicted octanol–water partition coefficient (Wildman–Crippen LogP) is 5.28. The summed E-state index contributed by atoms with van der Waals surface area (Å²) in [6.45, 7) is 0.805. The number of rotatable bonds is 8. The minimum absolute atomic E-state index is 0.0231. The first-order valence-corrected chi connectivity index (χ1v) is 14.9. The van der Waals surface area contributed by atoms with E-state index in [2.05, 4.69) is 15.6 Å². The van der Waals surface area contributed by atoms with Crippen molar-refractivity contribution in [1.82, 2.24) is 15.6 Å². The summed E-state index contributed by atoms with van der Waals surface area (Å²) < 4.78 is 97.0. The van der Waals surface area contributed by atoms with Gasteiger partial charge in [-0.15, -0.1) is 0 Å². The van der Waals surface area contributed by atoms with Crippen LogP contribution in [-0.4, -0.2) is 67.1 Å². The molecular weight excluding hydrogens is 597 g/mol. The standard InChI is InChI=1S/C20H22F7N3O2S.C6H11NO2/c1-30(16-4-6-17(7-5-16)33(23,24,25,26)27)20(32,14-3-2-12-28-13-14)18(31)29-15-8-10-19(21,22)11-9-15;1-9-6-2-5(4-8)7-3-6/h2-7,12-13,15,32H,8-11H2,1H3,(H,29,31);4-7H,2-3H2,1H3. The number of aromatic nitrogens is 1. The highest BCUT2D eigenvalue weighted by atomic mass is 32.5. The number of carbonyl (C=O) groups is 2. The number of nitrogens with zero attached hydrogens (tertiary/aromatic N) is 2. The van der Waals surface area contributed by atoms with Crippen LogP contribution >= 0.6 is 10.2 Å². The summed E-state index contributed by atoms with van der Waals surface area (Å²) in [5.74, 6) is -3.87. The number of hydrogen-bond acceptors (Lipinski definition) is 7. The van der Waals surface area contributed by atoms with Gasteiger partial charge in [0, 0.05) is 63.2 Å². The van der Waals surface area contributed by atoms with E-state index in [-0.39, 0.29) is 48.4 Å². The Labute approximate surface area is 238 Å². The van der Waals surface area contributed by atoms with Gasteiger partial charge in [0.1, 0.15) is 11.2 Å². The third-order valence-corrected chi connectivity index (χ3v) is 8.37. The summed E-state index contributed by atoms with van der Waals surface area (Å²) >= 11 is 0. The highest BCUT2D eigenvalue weighted by Gasteiger charge is 2.65. The van der Waals surface area contributed by atoms with Gasteiger partial charge < -0.3 is 30.2 Å². The van der Waals surface area contributed by atoms with E-state index in [4.69, 9.17) is 4.74 Å². The fourth-order valence-electron chi connectivity index (χ4n) is 4.65. The monoisotopic (exact) mass is 630 g/mol. The lowest BCUT2D eigenvalue weighted by molar-refractivity contribution is -0.142. The highest BCUT2D eigenvalue weighted by molar-refractivity contribution is 8.45. The van der Waals surface area contributed by atoms with Crippen LogP contribution in [0.4, 0.5) is 33.9 Å². The SMILES string of the molecule is CN(c1ccc(S(F)(F)(F)(F)F)cc1)C(O)(C(=O)NC1CCC(F)(F)CC1)c1cccnc1.COC1CNC(C=O)C1. The summed E-state index contributed by atoms with van der Waals surface area (Å²) in [6.07, 6.45) is 3.51. The minimum Gasteiger partial charge on any atom is -0.380 e. The van der Waals surface area contributed by atoms with Gasteiger partial charge in [0.2, 0.25) is 11.6 Å². The molecule has 2 aliphatic rings. The van der Waals surface area contributed by atoms with E-state index in [1.54, 1.807) is 7.11 Å². The minimum atomic E-state index is -9.91. The van der Waals surface area contributed by atoms with E-state index in [9.17, 15) is 42.9 Å². The van der Waals surface area contributed by atoms with E-state index in [0.29, 0.717) is 12.1 Å². The van der Waals surface area contributed by atoms with Gasteiger partial charge in [-0.3, -0.25) is 9.78 Å². The first kappa shape index (κ1) is 33.6. The molecule has 4 rings (SSSR count). The van der Waals surface area contributed by atoms with Crippen LogP contribution in [0.2, 0.25) is 0 Å². The number of halogens is 7. The number of aldehydes is 1. The first-order chi connectivity index (χ1) is 19.3. The van der Waals surface area contributed by atoms with Gasteiger partial charge in [-0.2, -0.15) is 0 Å². The number of alkyl halides is 2. The number of hydrogen-bond donors (Lipinski definition) is 3. The number of likely N-dealkylation sites (N-methyl/N-ethyl adjacent to an activating group) is 1. The summed E-state index contributed by atoms with van der Waals surface area (Å²) in [5.41, 5.74) is -2.77. The van der Waals surface area contributed by atoms with Gasteiger partial charge in [-0.05, 0) is 49.6 Å². The van der Waals surface area contributed by atoms with E-state index < -0.39 is 51.6 Å². The second-order valence-electron chi connectivity index (χ2n) is 10.3. The highest BCUT2D eigenvalue weighted by Crippen LogP contribution is 3.02. The molecule has 236 valence electrons. The topological polar surface area (TPSA) is 104 Å². The molecule has 3 N–H and O–H groups in total. The maximum absolute atomic E-state index is 13.4. The Morgan fingerprint density at radius 1 is 1.17 bits per heavy atom. The Kier molecular flexibility index (Phi) is 9.28. The summed E-state index contributed by atoms with van der Waals surface area (Å²) in [7, 11) is -7.07. The molecular formula is C26H33F7N4O4S. The zero-order chi connectivity index (χ0) is 31.5. The Morgan fingerprint density at radius 3 is 2.24 bits per heavy atom. The van der Waals surface area contributed by atoms with Gasteiger partial charge in [-0.1, -0.05) is 25.5 Å². The number of benzene rings is 1. The second-order valence-corrected chi connectivity index (χ2v) is 12.7. The molecule has 1 amide bonds. The van der Waals surface area contributed by atoms with Gasteiger partial charge >= 0.3 is 10.2 Å². The van der Waals surface area contributed by atoms with Crippen molar-refractivity contribution in [2.24, 2.45) is 0 Å². The Morgan fingerprint density at radius 2 is 1.79 bits per heavy atom. The molecule has 0 spiro atoms. The van der Waals surface area contributed by atoms with Crippen molar-refractivity contribution >= 4 is 28.1 Å². The van der Waals surface area contributed by atoms with E-state index >= 15 is 0 Å². The lowest BCUT2D eigenvalue weighted by atomic mass is 9.91. The van der Waals surface area contributed by atoms with Crippen molar-refractivity contribution in [3.63, 3.8) is 0 Å². The number of carbonyl (C=O) groups excluding carboxylic acids is 2. The van der Waals surface area contributed by atoms with Crippen molar-refractivity contribution in [2.75, 3.05) is 25.6 Å². The van der Waals surface area contributed by atoms with Crippen LogP contribution in [0.5, 0.6) is 0 Å². The Bertz CT molecular complexity index is 1230. The van der Waals surface area contributed by atoms with Gasteiger partial charge in [0.25, 0.3) is 5.91 Å². The molecule has 3 atom stereocenters. The van der Waals surface area contributed by atoms with Crippen LogP contribution in [0.25, 0.3) is 0 Å². The van der Waals surface area contributed by atoms with E-state index in [1.807, 2.05) is 0 Å². The summed E-state index contributed by atoms with van der Waals surface area (Å²) in [6, 6.07) is 3.82. The van der Waals surface area contributed by atoms with Crippen molar-refractivity contribution in [3.05, 3.63) is 54.4 Å². The van der Waals surface area contributed by atoms with Crippen LogP contribution in [0.15, 0.2) is 53.7 Å². The molecule has 16 heteroatoms. The second kappa shape index (κ2) is 11.6. The zero-order valence-corrected chi connectivity index (χ0v) is 23.6. The molecule has 1 saturated heterocycles. The summed E-state index contributed by atoms with van der Waals surface area (Å²) in [4.78, 5) is 25.9. The molecule has 3 unspecified atom stereocenters. The van der Waals surface area contributed by atoms with Crippen LogP contribution in [-0.2, 0) is 20.1 Å². The molecule has 1 aliphatic carbocycles. The Balaban J connectivity index is 0.000000458. The number of ether oxygens (including phenoxy) is 1. The molecule has 1 aromatic heterocycles. The molecule has 2 aromatic rings. The number of nitrogens with one attached hydrogen (secondary N) is 2. The maximum Gasteiger partial charge on any atom is 0.310 e. The lowest BCUT2D eigenvalue weighted by Crippen LogP contribution is -2.58. The molecule has 2 fully saturated rings. The molecule has 42 heavy (non-hydrogen) atoms. The average Bonchev–Trinajstić information content (AvgIpc) is 3.41. The number of pyridine rings is 1. The van der Waals surface area contributed by atoms with Gasteiger partial charge in [0.05, 0.1) is 12.1 Å². The van der Waals surface area contributed by atoms with Crippen molar-refractivity contribution in [2.45, 2.75) is 66.8 Å². The lowest BCUT2D eigenvalue weighted by Gasteiger charge is -2.41. The Hall–Kier alpha value is -2.95. The van der Waals surface area contributed by atoms with Crippen LogP contribution in [0.3, 0.4) is 0 Å². The number of methoxy groups -OCH3 is 1. The normalized spacial score (nSPS) is 23.8. The van der Waals surface area contributed by atoms with Crippen molar-refractivity contribution in [3.8, 4) is 0 Å². The largest absolute Gasteiger partial charge is 0.380 e. The fourth-order valence-corrected chi connectivity index (χ4v) is 5.30. The molecule has 0 radical (unpaired) electrons. The molecule has 1 aromatic carbocycles. The van der Waals surface area contributed by atoms with Crippen molar-refractivity contribution < 1.29 is 47.6 Å². The number of anilines is 1. The van der Waals surface area contributed by atoms with Gasteiger partial charge in [0.15, 0.2) is 0 Å². The summed E-state index contributed by atoms with van der Waals surface area (Å²) in [5, 5.41) is 16.9. The smallest absolute Gasteiger partial charge is 0.310 e. The predicted molar refractivity (Wildman–Crippen MR) is 143 cm³/mol. The van der Waals surface area contributed by atoms with E-state index in [1.165, 1.54) is 25.4 Å². The van der Waals surface area contributed by atoms with Crippen LogP contribution in [0.1, 0.15) is 37.7 Å². The molecule has 8 nitrogen and oxygen atoms in total. The van der Waals surface area contributed by atoms with Gasteiger partial charge in [-0.25, -0.2) is 8.78 Å². The zero-order valence-electron chi connectivity index (χ0n) is 22.8. The molecule has 0 bridgehead atoms. The van der Waals surface area contributed by atoms with Crippen LogP contribution < -0.4 is 15.5 Å². The first-order valence-electron chi connectivity index (χ1n) is 12.9. The number of amides is 1. The molecule has 2 heterocycles. The average molecular weight is 631 g/mol. The third-order valence-electron chi connectivity index (χ3n) is 7.21. The van der Waals surface area contributed by atoms with E-state index in [0.717, 1.165) is 30.3 Å². The maximum atomic E-state index is 13.4. The number of aliphatic hydroxyl groups is 1. The fraction of sp³-hybridized carbons (Fsp3) is 0.500. The third kappa shape index (κ3) is 8.33.